The smallest absolute Gasteiger partial charge is 0.310 e. The zero-order valence-corrected chi connectivity index (χ0v) is 14.0. The van der Waals surface area contributed by atoms with Crippen molar-refractivity contribution in [1.82, 2.24) is 9.97 Å². The van der Waals surface area contributed by atoms with E-state index in [2.05, 4.69) is 14.9 Å². The van der Waals surface area contributed by atoms with E-state index in [0.717, 1.165) is 36.3 Å². The molecule has 0 N–H and O–H groups in total. The predicted octanol–water partition coefficient (Wildman–Crippen LogP) is 2.99. The quantitative estimate of drug-likeness (QED) is 0.617. The summed E-state index contributed by atoms with van der Waals surface area (Å²) in [5, 5.41) is 0. The second kappa shape index (κ2) is 7.75. The van der Waals surface area contributed by atoms with E-state index in [1.165, 1.54) is 38.5 Å². The first-order valence-electron chi connectivity index (χ1n) is 8.97. The molecule has 126 valence electrons. The number of rotatable bonds is 5. The molecule has 2 aliphatic rings. The third-order valence-corrected chi connectivity index (χ3v) is 5.18. The standard InChI is InChI=1S/C18H27N3O2/c1-2-23-17(22)9-15-10-19-13-20-18(15)21-11-16(12-21)14-7-5-3-4-6-8-14/h10,13-14,16H,2-9,11-12H2,1H3. The van der Waals surface area contributed by atoms with E-state index in [1.807, 2.05) is 6.92 Å². The molecule has 23 heavy (non-hydrogen) atoms. The van der Waals surface area contributed by atoms with Gasteiger partial charge in [-0.2, -0.15) is 0 Å². The number of carbonyl (C=O) groups excluding carboxylic acids is 1. The Hall–Kier alpha value is -1.65. The number of hydrogen-bond acceptors (Lipinski definition) is 5. The molecule has 1 aromatic rings. The van der Waals surface area contributed by atoms with Crippen LogP contribution in [0.1, 0.15) is 51.0 Å². The minimum Gasteiger partial charge on any atom is -0.466 e. The topological polar surface area (TPSA) is 55.3 Å². The molecule has 1 aliphatic carbocycles. The van der Waals surface area contributed by atoms with Crippen molar-refractivity contribution >= 4 is 11.8 Å². The van der Waals surface area contributed by atoms with Crippen molar-refractivity contribution in [2.75, 3.05) is 24.6 Å². The average Bonchev–Trinajstić information content (AvgIpc) is 2.77. The van der Waals surface area contributed by atoms with Crippen molar-refractivity contribution in [1.29, 1.82) is 0 Å². The molecule has 3 rings (SSSR count). The lowest BCUT2D eigenvalue weighted by Gasteiger charge is -2.44. The van der Waals surface area contributed by atoms with Gasteiger partial charge in [-0.15, -0.1) is 0 Å². The Balaban J connectivity index is 1.59. The zero-order chi connectivity index (χ0) is 16.1. The summed E-state index contributed by atoms with van der Waals surface area (Å²) in [6, 6.07) is 0. The van der Waals surface area contributed by atoms with Gasteiger partial charge in [0.15, 0.2) is 0 Å². The maximum Gasteiger partial charge on any atom is 0.310 e. The average molecular weight is 317 g/mol. The Morgan fingerprint density at radius 3 is 2.65 bits per heavy atom. The lowest BCUT2D eigenvalue weighted by atomic mass is 9.81. The molecular formula is C18H27N3O2. The summed E-state index contributed by atoms with van der Waals surface area (Å²) in [5.41, 5.74) is 0.880. The van der Waals surface area contributed by atoms with Gasteiger partial charge in [-0.3, -0.25) is 4.79 Å². The summed E-state index contributed by atoms with van der Waals surface area (Å²) >= 11 is 0. The summed E-state index contributed by atoms with van der Waals surface area (Å²) in [6.45, 7) is 4.37. The highest BCUT2D eigenvalue weighted by Gasteiger charge is 2.35. The number of anilines is 1. The van der Waals surface area contributed by atoms with Crippen LogP contribution in [0, 0.1) is 11.8 Å². The van der Waals surface area contributed by atoms with E-state index in [0.29, 0.717) is 6.61 Å². The molecule has 2 heterocycles. The molecule has 1 aromatic heterocycles. The first-order chi connectivity index (χ1) is 11.3. The van der Waals surface area contributed by atoms with Crippen LogP contribution in [0.2, 0.25) is 0 Å². The van der Waals surface area contributed by atoms with Gasteiger partial charge in [0.05, 0.1) is 13.0 Å². The minimum atomic E-state index is -0.204. The molecule has 0 amide bonds. The highest BCUT2D eigenvalue weighted by molar-refractivity contribution is 5.74. The molecule has 0 spiro atoms. The summed E-state index contributed by atoms with van der Waals surface area (Å²) in [7, 11) is 0. The minimum absolute atomic E-state index is 0.204. The van der Waals surface area contributed by atoms with Crippen LogP contribution >= 0.6 is 0 Å². The van der Waals surface area contributed by atoms with Crippen LogP contribution in [0.3, 0.4) is 0 Å². The Morgan fingerprint density at radius 1 is 1.22 bits per heavy atom. The third-order valence-electron chi connectivity index (χ3n) is 5.18. The van der Waals surface area contributed by atoms with Gasteiger partial charge in [0, 0.05) is 24.8 Å². The number of carbonyl (C=O) groups is 1. The molecule has 1 saturated heterocycles. The normalized spacial score (nSPS) is 20.0. The van der Waals surface area contributed by atoms with Crippen LogP contribution in [0.15, 0.2) is 12.5 Å². The van der Waals surface area contributed by atoms with Crippen molar-refractivity contribution in [3.05, 3.63) is 18.1 Å². The molecule has 1 aliphatic heterocycles. The Labute approximate surface area is 138 Å². The van der Waals surface area contributed by atoms with E-state index in [1.54, 1.807) is 12.5 Å². The second-order valence-corrected chi connectivity index (χ2v) is 6.77. The zero-order valence-electron chi connectivity index (χ0n) is 14.0. The first kappa shape index (κ1) is 16.2. The summed E-state index contributed by atoms with van der Waals surface area (Å²) in [5.74, 6) is 2.38. The number of ether oxygens (including phenoxy) is 1. The van der Waals surface area contributed by atoms with Crippen LogP contribution < -0.4 is 4.90 Å². The molecule has 0 unspecified atom stereocenters. The van der Waals surface area contributed by atoms with Gasteiger partial charge in [-0.05, 0) is 18.8 Å². The Morgan fingerprint density at radius 2 is 1.96 bits per heavy atom. The van der Waals surface area contributed by atoms with Crippen LogP contribution in [-0.2, 0) is 16.0 Å². The highest BCUT2D eigenvalue weighted by atomic mass is 16.5. The van der Waals surface area contributed by atoms with Crippen LogP contribution in [-0.4, -0.2) is 35.6 Å². The molecule has 0 atom stereocenters. The largest absolute Gasteiger partial charge is 0.466 e. The van der Waals surface area contributed by atoms with Crippen molar-refractivity contribution in [2.24, 2.45) is 11.8 Å². The summed E-state index contributed by atoms with van der Waals surface area (Å²) in [4.78, 5) is 22.5. The molecule has 0 bridgehead atoms. The molecule has 0 radical (unpaired) electrons. The van der Waals surface area contributed by atoms with Crippen molar-refractivity contribution in [3.8, 4) is 0 Å². The van der Waals surface area contributed by atoms with Gasteiger partial charge in [0.25, 0.3) is 0 Å². The van der Waals surface area contributed by atoms with E-state index in [4.69, 9.17) is 4.74 Å². The van der Waals surface area contributed by atoms with Gasteiger partial charge >= 0.3 is 5.97 Å². The van der Waals surface area contributed by atoms with E-state index >= 15 is 0 Å². The van der Waals surface area contributed by atoms with Gasteiger partial charge in [0.2, 0.25) is 0 Å². The molecule has 0 aromatic carbocycles. The maximum atomic E-state index is 11.7. The molecule has 2 fully saturated rings. The molecule has 5 nitrogen and oxygen atoms in total. The Bertz CT molecular complexity index is 521. The van der Waals surface area contributed by atoms with Crippen molar-refractivity contribution in [2.45, 2.75) is 51.9 Å². The molecule has 1 saturated carbocycles. The van der Waals surface area contributed by atoms with Crippen molar-refractivity contribution in [3.63, 3.8) is 0 Å². The SMILES string of the molecule is CCOC(=O)Cc1cncnc1N1CC(C2CCCCCC2)C1. The fraction of sp³-hybridized carbons (Fsp3) is 0.722. The van der Waals surface area contributed by atoms with E-state index in [9.17, 15) is 4.79 Å². The predicted molar refractivity (Wildman–Crippen MR) is 89.3 cm³/mol. The second-order valence-electron chi connectivity index (χ2n) is 6.77. The lowest BCUT2D eigenvalue weighted by molar-refractivity contribution is -0.142. The third kappa shape index (κ3) is 4.01. The fourth-order valence-corrected chi connectivity index (χ4v) is 3.90. The van der Waals surface area contributed by atoms with E-state index < -0.39 is 0 Å². The van der Waals surface area contributed by atoms with Crippen LogP contribution in [0.4, 0.5) is 5.82 Å². The lowest BCUT2D eigenvalue weighted by Crippen LogP contribution is -2.50. The maximum absolute atomic E-state index is 11.7. The number of nitrogens with zero attached hydrogens (tertiary/aromatic N) is 3. The summed E-state index contributed by atoms with van der Waals surface area (Å²) < 4.78 is 5.05. The van der Waals surface area contributed by atoms with Gasteiger partial charge in [-0.1, -0.05) is 38.5 Å². The number of hydrogen-bond donors (Lipinski definition) is 0. The first-order valence-corrected chi connectivity index (χ1v) is 8.97. The van der Waals surface area contributed by atoms with Gasteiger partial charge < -0.3 is 9.64 Å². The monoisotopic (exact) mass is 317 g/mol. The Kier molecular flexibility index (Phi) is 5.47. The van der Waals surface area contributed by atoms with Crippen LogP contribution in [0.25, 0.3) is 0 Å². The number of aromatic nitrogens is 2. The van der Waals surface area contributed by atoms with Gasteiger partial charge in [0.1, 0.15) is 12.1 Å². The molecule has 5 heteroatoms. The number of esters is 1. The summed E-state index contributed by atoms with van der Waals surface area (Å²) in [6.07, 6.45) is 11.9. The van der Waals surface area contributed by atoms with Crippen molar-refractivity contribution < 1.29 is 9.53 Å². The van der Waals surface area contributed by atoms with Gasteiger partial charge in [-0.25, -0.2) is 9.97 Å². The van der Waals surface area contributed by atoms with E-state index in [-0.39, 0.29) is 12.4 Å². The van der Waals surface area contributed by atoms with Crippen LogP contribution in [0.5, 0.6) is 0 Å². The molecular weight excluding hydrogens is 290 g/mol. The fourth-order valence-electron chi connectivity index (χ4n) is 3.90. The highest BCUT2D eigenvalue weighted by Crippen LogP contribution is 2.36.